The molecule has 0 bridgehead atoms. The number of rotatable bonds is 19. The molecule has 0 fully saturated rings. The minimum absolute atomic E-state index is 0. The number of nitrogens with two attached hydrogens (primary N) is 2. The van der Waals surface area contributed by atoms with Gasteiger partial charge < -0.3 is 46.2 Å². The van der Waals surface area contributed by atoms with Crippen LogP contribution in [0.3, 0.4) is 0 Å². The van der Waals surface area contributed by atoms with Gasteiger partial charge in [-0.3, -0.25) is 23.5 Å². The number of hydrogen-bond donors (Lipinski definition) is 4. The Hall–Kier alpha value is -5.58. The maximum absolute atomic E-state index is 12.3. The van der Waals surface area contributed by atoms with E-state index in [2.05, 4.69) is 37.4 Å². The van der Waals surface area contributed by atoms with E-state index < -0.39 is 46.2 Å². The molecule has 470 valence electrons. The maximum atomic E-state index is 12.3. The fourth-order valence-corrected chi connectivity index (χ4v) is 12.2. The average Bonchev–Trinajstić information content (AvgIpc) is 3.92. The molecule has 4 atom stereocenters. The minimum Gasteiger partial charge on any atom is -0.662 e. The van der Waals surface area contributed by atoms with Crippen LogP contribution < -0.4 is 51.6 Å². The first-order valence-electron chi connectivity index (χ1n) is 26.4. The van der Waals surface area contributed by atoms with E-state index in [1.54, 1.807) is 113 Å². The number of esters is 3. The third kappa shape index (κ3) is 25.9. The van der Waals surface area contributed by atoms with E-state index >= 15 is 0 Å². The molecule has 0 radical (unpaired) electrons. The molecule has 0 spiro atoms. The number of aryl methyl sites for hydroxylation is 1. The monoisotopic (exact) mass is 1380 g/mol. The zero-order chi connectivity index (χ0) is 64.6. The topological polar surface area (TPSA) is 276 Å². The van der Waals surface area contributed by atoms with E-state index in [9.17, 15) is 27.6 Å². The summed E-state index contributed by atoms with van der Waals surface area (Å²) in [4.78, 5) is 63.1. The number of halogens is 4. The minimum atomic E-state index is -3.63. The number of fused-ring (bicyclic) bond motifs is 1. The van der Waals surface area contributed by atoms with E-state index in [0.29, 0.717) is 44.2 Å². The van der Waals surface area contributed by atoms with Gasteiger partial charge in [-0.15, -0.1) is 34.0 Å². The van der Waals surface area contributed by atoms with Crippen LogP contribution in [0.15, 0.2) is 173 Å². The van der Waals surface area contributed by atoms with E-state index in [-0.39, 0.29) is 59.5 Å². The number of thiophene rings is 3. The number of carboxylic acids is 1. The standard InChI is InChI=1S/C16H16ClNO2S.C15H16ClNO2S.C13H14O3S2.C9H10ClNO2.C8H8ClNO2.CH2O3.Na/c1-20-16(19)15(12-4-2-3-5-13(12)17)18-8-6-14-11(10-18)7-9-21-14;1-19-15(18)14(12-6-2-3-7-13(12)16)17-9-8-11-5-4-10-20-11;1-11-4-6-13(7-5-11)18(14,15)16-9-8-12-3-2-10-17-12;1-13-9(12)8(11)6-4-2-3-5-7(6)10;9-6-4-2-1-3-5(6)7(10)8(11)12;2-1-4-3;/h2-5,7,9,15H,6,8,10H2,1H3;2-7,10,14,17H,8-9H2,1H3;2-7,10H,8-9H2,1H3;2-5,8H,11H2,1H3;1-4,7H,10H2,(H,11,12);1,3H;/q;;;;;;+1/p-1/t15-;14-;;8-;;;/m00.0.../s1. The third-order valence-electron chi connectivity index (χ3n) is 12.5. The summed E-state index contributed by atoms with van der Waals surface area (Å²) in [6.07, 6.45) is 2.45. The fourth-order valence-electron chi connectivity index (χ4n) is 8.04. The molecule has 3 aromatic heterocycles. The number of ether oxygens (including phenoxy) is 3. The summed E-state index contributed by atoms with van der Waals surface area (Å²) >= 11 is 29.1. The summed E-state index contributed by atoms with van der Waals surface area (Å²) in [5.74, 6) is -2.16. The molecule has 27 heteroatoms. The second-order valence-electron chi connectivity index (χ2n) is 18.3. The number of hydrogen-bond acceptors (Lipinski definition) is 20. The smallest absolute Gasteiger partial charge is 0.662 e. The van der Waals surface area contributed by atoms with Crippen molar-refractivity contribution in [3.8, 4) is 0 Å². The number of carboxylic acid groups (broad SMARTS) is 1. The van der Waals surface area contributed by atoms with Crippen molar-refractivity contribution in [2.75, 3.05) is 41.0 Å². The molecular formula is C62H65Cl4N4NaO14S4. The molecule has 0 saturated carbocycles. The molecule has 4 heterocycles. The van der Waals surface area contributed by atoms with Gasteiger partial charge in [0.1, 0.15) is 24.2 Å². The van der Waals surface area contributed by atoms with Crippen molar-refractivity contribution in [3.05, 3.63) is 236 Å². The van der Waals surface area contributed by atoms with Gasteiger partial charge in [0.15, 0.2) is 0 Å². The molecule has 1 aliphatic heterocycles. The van der Waals surface area contributed by atoms with Crippen LogP contribution in [0, 0.1) is 6.92 Å². The Labute approximate surface area is 571 Å². The van der Waals surface area contributed by atoms with Crippen LogP contribution in [0.2, 0.25) is 20.1 Å². The van der Waals surface area contributed by atoms with Crippen LogP contribution in [0.25, 0.3) is 0 Å². The zero-order valence-electron chi connectivity index (χ0n) is 49.0. The van der Waals surface area contributed by atoms with Gasteiger partial charge in [-0.1, -0.05) is 149 Å². The first kappa shape index (κ1) is 77.7. The number of aliphatic carboxylic acids is 1. The van der Waals surface area contributed by atoms with Crippen molar-refractivity contribution in [1.82, 2.24) is 10.2 Å². The zero-order valence-corrected chi connectivity index (χ0v) is 57.3. The van der Waals surface area contributed by atoms with E-state index in [4.69, 9.17) is 86.7 Å². The number of carbonyl (C=O) groups is 5. The fraction of sp³-hybridized carbons (Fsp3) is 0.242. The maximum Gasteiger partial charge on any atom is 1.00 e. The molecule has 0 saturated heterocycles. The van der Waals surface area contributed by atoms with Crippen molar-refractivity contribution in [3.63, 3.8) is 0 Å². The summed E-state index contributed by atoms with van der Waals surface area (Å²) in [5.41, 5.74) is 15.8. The average molecular weight is 1380 g/mol. The molecule has 9 rings (SSSR count). The molecule has 5 aromatic carbocycles. The second-order valence-corrected chi connectivity index (χ2v) is 24.6. The molecule has 18 nitrogen and oxygen atoms in total. The molecule has 1 unspecified atom stereocenters. The summed E-state index contributed by atoms with van der Waals surface area (Å²) in [7, 11) is 0.470. The Balaban J connectivity index is 0.000000289. The first-order valence-corrected chi connectivity index (χ1v) is 32.0. The first-order chi connectivity index (χ1) is 42.2. The van der Waals surface area contributed by atoms with Gasteiger partial charge in [-0.25, -0.2) is 9.59 Å². The molecular weight excluding hydrogens is 1320 g/mol. The summed E-state index contributed by atoms with van der Waals surface area (Å²) in [5, 5.41) is 28.4. The molecule has 0 aliphatic carbocycles. The van der Waals surface area contributed by atoms with Gasteiger partial charge in [0.2, 0.25) is 0 Å². The van der Waals surface area contributed by atoms with Crippen LogP contribution in [-0.2, 0) is 83.2 Å². The van der Waals surface area contributed by atoms with Crippen molar-refractivity contribution in [2.24, 2.45) is 11.5 Å². The SMILES string of the molecule is COC(=O)[C@@H](N)c1ccccc1Cl.COC(=O)[C@@H](NCCc1cccs1)c1ccccc1Cl.COC(=O)[C@H](c1ccccc1Cl)N1CCc2sccc2C1.Cc1ccc(S(=O)(=O)OCCc2cccs2)cc1.NC(C(=O)O)c1ccccc1Cl.O=CO[O-].[Na+]. The van der Waals surface area contributed by atoms with Crippen LogP contribution in [0.1, 0.15) is 72.2 Å². The van der Waals surface area contributed by atoms with Crippen molar-refractivity contribution >= 4 is 121 Å². The number of benzene rings is 5. The van der Waals surface area contributed by atoms with Gasteiger partial charge >= 0.3 is 53.4 Å². The predicted octanol–water partition coefficient (Wildman–Crippen LogP) is 8.50. The Kier molecular flexibility index (Phi) is 36.4. The summed E-state index contributed by atoms with van der Waals surface area (Å²) in [6.45, 7) is 4.18. The van der Waals surface area contributed by atoms with E-state index in [0.717, 1.165) is 47.5 Å². The van der Waals surface area contributed by atoms with E-state index in [1.165, 1.54) is 36.6 Å². The van der Waals surface area contributed by atoms with Gasteiger partial charge in [-0.05, 0) is 118 Å². The van der Waals surface area contributed by atoms with Crippen molar-refractivity contribution in [2.45, 2.75) is 61.8 Å². The third-order valence-corrected chi connectivity index (χ3v) is 18.1. The van der Waals surface area contributed by atoms with Crippen LogP contribution >= 0.6 is 80.4 Å². The number of nitrogens with zero attached hydrogens (tertiary/aromatic N) is 1. The number of carbonyl (C=O) groups excluding carboxylic acids is 4. The van der Waals surface area contributed by atoms with Crippen LogP contribution in [0.5, 0.6) is 0 Å². The quantitative estimate of drug-likeness (QED) is 0.0112. The second kappa shape index (κ2) is 41.7. The summed E-state index contributed by atoms with van der Waals surface area (Å²) in [6, 6.07) is 42.3. The largest absolute Gasteiger partial charge is 1.00 e. The summed E-state index contributed by atoms with van der Waals surface area (Å²) < 4.78 is 43.1. The Morgan fingerprint density at radius 3 is 1.57 bits per heavy atom. The van der Waals surface area contributed by atoms with E-state index in [1.807, 2.05) is 78.3 Å². The van der Waals surface area contributed by atoms with Gasteiger partial charge in [-0.2, -0.15) is 8.42 Å². The van der Waals surface area contributed by atoms with Gasteiger partial charge in [0, 0.05) is 60.8 Å². The van der Waals surface area contributed by atoms with Gasteiger partial charge in [0.05, 0.1) is 32.8 Å². The predicted molar refractivity (Wildman–Crippen MR) is 343 cm³/mol. The Bertz CT molecular complexity index is 3530. The van der Waals surface area contributed by atoms with Crippen molar-refractivity contribution < 1.29 is 95.6 Å². The number of methoxy groups -OCH3 is 3. The molecule has 0 amide bonds. The Morgan fingerprint density at radius 2 is 1.11 bits per heavy atom. The molecule has 6 N–H and O–H groups in total. The Morgan fingerprint density at radius 1 is 0.640 bits per heavy atom. The molecule has 1 aliphatic rings. The molecule has 8 aromatic rings. The van der Waals surface area contributed by atoms with Crippen LogP contribution in [-0.4, -0.2) is 89.8 Å². The molecule has 89 heavy (non-hydrogen) atoms. The van der Waals surface area contributed by atoms with Crippen molar-refractivity contribution in [1.29, 1.82) is 0 Å². The van der Waals surface area contributed by atoms with Crippen LogP contribution in [0.4, 0.5) is 0 Å². The normalized spacial score (nSPS) is 12.6. The number of nitrogens with one attached hydrogen (secondary N) is 1. The van der Waals surface area contributed by atoms with Gasteiger partial charge in [0.25, 0.3) is 16.6 Å².